The first-order chi connectivity index (χ1) is 10.5. The maximum absolute atomic E-state index is 13.1. The lowest BCUT2D eigenvalue weighted by molar-refractivity contribution is -0.113. The van der Waals surface area contributed by atoms with Gasteiger partial charge in [-0.2, -0.15) is 0 Å². The molecule has 1 amide bonds. The highest BCUT2D eigenvalue weighted by Crippen LogP contribution is 2.21. The first kappa shape index (κ1) is 16.2. The number of carbonyl (C=O) groups is 2. The predicted molar refractivity (Wildman–Crippen MR) is 82.2 cm³/mol. The molecule has 0 radical (unpaired) electrons. The van der Waals surface area contributed by atoms with Gasteiger partial charge in [-0.05, 0) is 37.3 Å². The van der Waals surface area contributed by atoms with Gasteiger partial charge in [0.1, 0.15) is 0 Å². The van der Waals surface area contributed by atoms with E-state index in [-0.39, 0.29) is 17.4 Å². The van der Waals surface area contributed by atoms with Crippen molar-refractivity contribution in [2.24, 2.45) is 0 Å². The topological polar surface area (TPSA) is 46.2 Å². The molecule has 6 heteroatoms. The van der Waals surface area contributed by atoms with Crippen molar-refractivity contribution >= 4 is 29.1 Å². The lowest BCUT2D eigenvalue weighted by Crippen LogP contribution is -2.16. The summed E-state index contributed by atoms with van der Waals surface area (Å²) in [6.07, 6.45) is 0. The van der Waals surface area contributed by atoms with Crippen LogP contribution in [0.4, 0.5) is 14.5 Å². The van der Waals surface area contributed by atoms with Crippen molar-refractivity contribution in [3.63, 3.8) is 0 Å². The van der Waals surface area contributed by atoms with Crippen LogP contribution < -0.4 is 5.32 Å². The Kier molecular flexibility index (Phi) is 5.27. The monoisotopic (exact) mass is 321 g/mol. The van der Waals surface area contributed by atoms with Crippen LogP contribution in [0.5, 0.6) is 0 Å². The molecule has 0 aromatic heterocycles. The molecule has 0 aliphatic rings. The highest BCUT2D eigenvalue weighted by molar-refractivity contribution is 8.00. The highest BCUT2D eigenvalue weighted by atomic mass is 32.2. The molecular formula is C16H13F2NO2S. The molecule has 114 valence electrons. The molecular weight excluding hydrogens is 308 g/mol. The van der Waals surface area contributed by atoms with E-state index >= 15 is 0 Å². The summed E-state index contributed by atoms with van der Waals surface area (Å²) in [5.74, 6) is -2.33. The van der Waals surface area contributed by atoms with Gasteiger partial charge in [0.2, 0.25) is 5.91 Å². The number of Topliss-reactive ketones (excluding diaryl/α,β-unsaturated/α-hetero) is 1. The van der Waals surface area contributed by atoms with E-state index in [2.05, 4.69) is 5.32 Å². The second-order valence-corrected chi connectivity index (χ2v) is 5.56. The van der Waals surface area contributed by atoms with Gasteiger partial charge in [-0.25, -0.2) is 8.78 Å². The minimum atomic E-state index is -0.952. The normalized spacial score (nSPS) is 10.3. The smallest absolute Gasteiger partial charge is 0.234 e. The number of hydrogen-bond donors (Lipinski definition) is 1. The summed E-state index contributed by atoms with van der Waals surface area (Å²) in [4.78, 5) is 23.8. The summed E-state index contributed by atoms with van der Waals surface area (Å²) in [6.45, 7) is 1.42. The Bertz CT molecular complexity index is 719. The Morgan fingerprint density at radius 1 is 1.09 bits per heavy atom. The van der Waals surface area contributed by atoms with Crippen LogP contribution in [-0.2, 0) is 4.79 Å². The van der Waals surface area contributed by atoms with Gasteiger partial charge in [0, 0.05) is 10.5 Å². The molecule has 0 saturated carbocycles. The average Bonchev–Trinajstić information content (AvgIpc) is 2.49. The minimum absolute atomic E-state index is 0.0251. The van der Waals surface area contributed by atoms with Crippen molar-refractivity contribution in [2.75, 3.05) is 11.1 Å². The highest BCUT2D eigenvalue weighted by Gasteiger charge is 2.10. The van der Waals surface area contributed by atoms with Crippen LogP contribution >= 0.6 is 11.8 Å². The first-order valence-corrected chi connectivity index (χ1v) is 7.43. The number of hydrogen-bond acceptors (Lipinski definition) is 3. The molecule has 0 aliphatic heterocycles. The van der Waals surface area contributed by atoms with Crippen LogP contribution in [0.25, 0.3) is 0 Å². The van der Waals surface area contributed by atoms with E-state index in [4.69, 9.17) is 0 Å². The number of amides is 1. The first-order valence-electron chi connectivity index (χ1n) is 6.45. The number of rotatable bonds is 5. The van der Waals surface area contributed by atoms with E-state index in [1.165, 1.54) is 13.0 Å². The van der Waals surface area contributed by atoms with Crippen LogP contribution in [0.15, 0.2) is 47.4 Å². The third-order valence-corrected chi connectivity index (χ3v) is 3.84. The Labute approximate surface area is 130 Å². The molecule has 0 atom stereocenters. The third kappa shape index (κ3) is 4.14. The number of anilines is 1. The molecule has 0 fully saturated rings. The summed E-state index contributed by atoms with van der Waals surface area (Å²) in [5.41, 5.74) is 0.861. The number of halogens is 2. The van der Waals surface area contributed by atoms with Gasteiger partial charge in [-0.1, -0.05) is 12.1 Å². The molecule has 0 saturated heterocycles. The average molecular weight is 321 g/mol. The Morgan fingerprint density at radius 2 is 1.82 bits per heavy atom. The van der Waals surface area contributed by atoms with Crippen molar-refractivity contribution in [2.45, 2.75) is 11.8 Å². The lowest BCUT2D eigenvalue weighted by atomic mass is 10.1. The number of benzene rings is 2. The molecule has 0 aliphatic carbocycles. The summed E-state index contributed by atoms with van der Waals surface area (Å²) in [6, 6.07) is 10.1. The van der Waals surface area contributed by atoms with E-state index in [1.807, 2.05) is 0 Å². The van der Waals surface area contributed by atoms with Gasteiger partial charge in [-0.3, -0.25) is 9.59 Å². The summed E-state index contributed by atoms with van der Waals surface area (Å²) < 4.78 is 25.9. The molecule has 1 N–H and O–H groups in total. The molecule has 0 heterocycles. The van der Waals surface area contributed by atoms with Crippen LogP contribution in [-0.4, -0.2) is 17.4 Å². The molecule has 22 heavy (non-hydrogen) atoms. The minimum Gasteiger partial charge on any atom is -0.325 e. The predicted octanol–water partition coefficient (Wildman–Crippen LogP) is 3.90. The van der Waals surface area contributed by atoms with Crippen LogP contribution in [0.2, 0.25) is 0 Å². The van der Waals surface area contributed by atoms with Gasteiger partial charge < -0.3 is 5.32 Å². The zero-order chi connectivity index (χ0) is 16.1. The number of thioether (sulfide) groups is 1. The Morgan fingerprint density at radius 3 is 2.50 bits per heavy atom. The second-order valence-electron chi connectivity index (χ2n) is 4.51. The van der Waals surface area contributed by atoms with Crippen molar-refractivity contribution in [1.82, 2.24) is 0 Å². The maximum atomic E-state index is 13.1. The molecule has 0 unspecified atom stereocenters. The molecule has 2 rings (SSSR count). The fraction of sp³-hybridized carbons (Fsp3) is 0.125. The van der Waals surface area contributed by atoms with Crippen LogP contribution in [0.3, 0.4) is 0 Å². The van der Waals surface area contributed by atoms with E-state index < -0.39 is 11.6 Å². The van der Waals surface area contributed by atoms with Gasteiger partial charge in [0.05, 0.1) is 11.4 Å². The largest absolute Gasteiger partial charge is 0.325 e. The Hall–Kier alpha value is -2.21. The number of para-hydroxylation sites is 1. The summed E-state index contributed by atoms with van der Waals surface area (Å²) >= 11 is 1.08. The van der Waals surface area contributed by atoms with Gasteiger partial charge in [-0.15, -0.1) is 11.8 Å². The number of nitrogens with one attached hydrogen (secondary N) is 1. The Balaban J connectivity index is 1.99. The van der Waals surface area contributed by atoms with Crippen molar-refractivity contribution < 1.29 is 18.4 Å². The lowest BCUT2D eigenvalue weighted by Gasteiger charge is -2.09. The fourth-order valence-electron chi connectivity index (χ4n) is 1.80. The van der Waals surface area contributed by atoms with Crippen LogP contribution in [0, 0.1) is 11.6 Å². The van der Waals surface area contributed by atoms with Crippen LogP contribution in [0.1, 0.15) is 17.3 Å². The maximum Gasteiger partial charge on any atom is 0.234 e. The van der Waals surface area contributed by atoms with E-state index in [1.54, 1.807) is 24.3 Å². The van der Waals surface area contributed by atoms with E-state index in [0.717, 1.165) is 23.9 Å². The standard InChI is InChI=1S/C16H13F2NO2S/c1-10(20)12-4-2-3-5-15(12)19-16(21)9-22-11-6-7-13(17)14(18)8-11/h2-8H,9H2,1H3,(H,19,21). The van der Waals surface area contributed by atoms with Crippen molar-refractivity contribution in [3.8, 4) is 0 Å². The quantitative estimate of drug-likeness (QED) is 0.671. The van der Waals surface area contributed by atoms with Gasteiger partial charge in [0.25, 0.3) is 0 Å². The second kappa shape index (κ2) is 7.17. The molecule has 0 spiro atoms. The third-order valence-electron chi connectivity index (χ3n) is 2.84. The van der Waals surface area contributed by atoms with Gasteiger partial charge >= 0.3 is 0 Å². The number of ketones is 1. The van der Waals surface area contributed by atoms with E-state index in [0.29, 0.717) is 16.1 Å². The zero-order valence-electron chi connectivity index (χ0n) is 11.7. The molecule has 2 aromatic rings. The molecule has 0 bridgehead atoms. The zero-order valence-corrected chi connectivity index (χ0v) is 12.5. The fourth-order valence-corrected chi connectivity index (χ4v) is 2.52. The van der Waals surface area contributed by atoms with Crippen molar-refractivity contribution in [1.29, 1.82) is 0 Å². The van der Waals surface area contributed by atoms with E-state index in [9.17, 15) is 18.4 Å². The van der Waals surface area contributed by atoms with Gasteiger partial charge in [0.15, 0.2) is 17.4 Å². The molecule has 3 nitrogen and oxygen atoms in total. The summed E-state index contributed by atoms with van der Waals surface area (Å²) in [5, 5.41) is 2.64. The summed E-state index contributed by atoms with van der Waals surface area (Å²) in [7, 11) is 0. The molecule has 2 aromatic carbocycles. The SMILES string of the molecule is CC(=O)c1ccccc1NC(=O)CSc1ccc(F)c(F)c1. The van der Waals surface area contributed by atoms with Crippen molar-refractivity contribution in [3.05, 3.63) is 59.7 Å². The number of carbonyl (C=O) groups excluding carboxylic acids is 2.